The van der Waals surface area contributed by atoms with E-state index in [4.69, 9.17) is 9.47 Å². The molecule has 0 spiro atoms. The van der Waals surface area contributed by atoms with Crippen LogP contribution in [0.2, 0.25) is 0 Å². The molecule has 3 unspecified atom stereocenters. The Morgan fingerprint density at radius 1 is 1.35 bits per heavy atom. The molecular formula is C23H34IN5O2. The van der Waals surface area contributed by atoms with E-state index in [9.17, 15) is 0 Å². The minimum absolute atomic E-state index is 0. The predicted molar refractivity (Wildman–Crippen MR) is 134 cm³/mol. The lowest BCUT2D eigenvalue weighted by atomic mass is 9.93. The maximum Gasteiger partial charge on any atom is 0.193 e. The number of guanidine groups is 1. The zero-order valence-corrected chi connectivity index (χ0v) is 21.2. The van der Waals surface area contributed by atoms with Crippen molar-refractivity contribution in [1.29, 1.82) is 0 Å². The van der Waals surface area contributed by atoms with Gasteiger partial charge in [0.1, 0.15) is 17.6 Å². The number of hydrogen-bond acceptors (Lipinski definition) is 4. The first kappa shape index (κ1) is 23.7. The SMILES string of the molecule is CCOc1cc2c(cc1CNC(=NC)N1CCC(C)C(n3ccnc3)C1)OC(C)C2.I. The molecule has 7 nitrogen and oxygen atoms in total. The lowest BCUT2D eigenvalue weighted by Gasteiger charge is -2.39. The third-order valence-electron chi connectivity index (χ3n) is 6.15. The van der Waals surface area contributed by atoms with Gasteiger partial charge < -0.3 is 24.3 Å². The Hall–Kier alpha value is -1.97. The van der Waals surface area contributed by atoms with Crippen molar-refractivity contribution in [2.24, 2.45) is 10.9 Å². The van der Waals surface area contributed by atoms with Gasteiger partial charge in [0.2, 0.25) is 0 Å². The van der Waals surface area contributed by atoms with Crippen molar-refractivity contribution in [1.82, 2.24) is 19.8 Å². The highest BCUT2D eigenvalue weighted by molar-refractivity contribution is 14.0. The van der Waals surface area contributed by atoms with E-state index in [-0.39, 0.29) is 30.1 Å². The van der Waals surface area contributed by atoms with Crippen molar-refractivity contribution in [2.75, 3.05) is 26.7 Å². The second-order valence-electron chi connectivity index (χ2n) is 8.32. The number of aliphatic imine (C=N–C) groups is 1. The molecule has 0 saturated carbocycles. The van der Waals surface area contributed by atoms with E-state index >= 15 is 0 Å². The van der Waals surface area contributed by atoms with Gasteiger partial charge in [0, 0.05) is 56.6 Å². The molecule has 4 rings (SSSR count). The number of aromatic nitrogens is 2. The molecule has 1 aromatic carbocycles. The molecule has 2 aliphatic heterocycles. The number of fused-ring (bicyclic) bond motifs is 1. The van der Waals surface area contributed by atoms with Crippen LogP contribution >= 0.6 is 24.0 Å². The first-order valence-electron chi connectivity index (χ1n) is 11.0. The number of ether oxygens (including phenoxy) is 2. The highest BCUT2D eigenvalue weighted by atomic mass is 127. The normalized spacial score (nSPS) is 23.0. The second kappa shape index (κ2) is 10.6. The van der Waals surface area contributed by atoms with Crippen LogP contribution in [-0.2, 0) is 13.0 Å². The number of benzene rings is 1. The van der Waals surface area contributed by atoms with Crippen LogP contribution in [0.5, 0.6) is 11.5 Å². The van der Waals surface area contributed by atoms with Crippen LogP contribution in [0.25, 0.3) is 0 Å². The molecule has 3 heterocycles. The van der Waals surface area contributed by atoms with Crippen molar-refractivity contribution in [2.45, 2.75) is 52.3 Å². The summed E-state index contributed by atoms with van der Waals surface area (Å²) in [6.07, 6.45) is 8.11. The van der Waals surface area contributed by atoms with E-state index in [1.807, 2.05) is 26.5 Å². The molecule has 0 bridgehead atoms. The van der Waals surface area contributed by atoms with Crippen molar-refractivity contribution < 1.29 is 9.47 Å². The fraction of sp³-hybridized carbons (Fsp3) is 0.565. The van der Waals surface area contributed by atoms with Gasteiger partial charge in [-0.1, -0.05) is 6.92 Å². The summed E-state index contributed by atoms with van der Waals surface area (Å²) in [4.78, 5) is 11.1. The maximum atomic E-state index is 5.96. The first-order valence-corrected chi connectivity index (χ1v) is 11.0. The van der Waals surface area contributed by atoms with Crippen molar-refractivity contribution in [3.8, 4) is 11.5 Å². The number of hydrogen-bond donors (Lipinski definition) is 1. The molecule has 2 aliphatic rings. The van der Waals surface area contributed by atoms with Gasteiger partial charge in [-0.15, -0.1) is 24.0 Å². The van der Waals surface area contributed by atoms with Gasteiger partial charge in [0.05, 0.1) is 19.0 Å². The van der Waals surface area contributed by atoms with Gasteiger partial charge in [-0.25, -0.2) is 4.98 Å². The number of nitrogens with zero attached hydrogens (tertiary/aromatic N) is 4. The zero-order valence-electron chi connectivity index (χ0n) is 18.9. The Bertz CT molecular complexity index is 886. The Morgan fingerprint density at radius 3 is 2.90 bits per heavy atom. The summed E-state index contributed by atoms with van der Waals surface area (Å²) in [6.45, 7) is 9.65. The third-order valence-corrected chi connectivity index (χ3v) is 6.15. The highest BCUT2D eigenvalue weighted by Crippen LogP contribution is 2.35. The van der Waals surface area contributed by atoms with Crippen LogP contribution in [0.15, 0.2) is 35.8 Å². The molecule has 1 fully saturated rings. The van der Waals surface area contributed by atoms with Crippen LogP contribution in [-0.4, -0.2) is 53.3 Å². The molecule has 2 aromatic rings. The predicted octanol–water partition coefficient (Wildman–Crippen LogP) is 3.88. The zero-order chi connectivity index (χ0) is 21.1. The van der Waals surface area contributed by atoms with E-state index in [2.05, 4.69) is 56.9 Å². The van der Waals surface area contributed by atoms with E-state index in [0.717, 1.165) is 49.0 Å². The highest BCUT2D eigenvalue weighted by Gasteiger charge is 2.29. The molecule has 1 N–H and O–H groups in total. The Morgan fingerprint density at radius 2 is 2.19 bits per heavy atom. The molecule has 0 radical (unpaired) electrons. The van der Waals surface area contributed by atoms with E-state index < -0.39 is 0 Å². The smallest absolute Gasteiger partial charge is 0.193 e. The van der Waals surface area contributed by atoms with E-state index in [1.165, 1.54) is 5.56 Å². The average molecular weight is 539 g/mol. The molecule has 170 valence electrons. The lowest BCUT2D eigenvalue weighted by Crippen LogP contribution is -2.48. The molecule has 1 aromatic heterocycles. The number of rotatable bonds is 5. The molecule has 0 amide bonds. The van der Waals surface area contributed by atoms with Crippen LogP contribution in [0.3, 0.4) is 0 Å². The number of nitrogens with one attached hydrogen (secondary N) is 1. The van der Waals surface area contributed by atoms with Gasteiger partial charge >= 0.3 is 0 Å². The minimum atomic E-state index is 0. The van der Waals surface area contributed by atoms with Gasteiger partial charge in [-0.3, -0.25) is 4.99 Å². The first-order chi connectivity index (χ1) is 14.6. The minimum Gasteiger partial charge on any atom is -0.494 e. The second-order valence-corrected chi connectivity index (χ2v) is 8.32. The summed E-state index contributed by atoms with van der Waals surface area (Å²) in [6, 6.07) is 4.66. The van der Waals surface area contributed by atoms with E-state index in [0.29, 0.717) is 25.1 Å². The maximum absolute atomic E-state index is 5.96. The van der Waals surface area contributed by atoms with E-state index in [1.54, 1.807) is 0 Å². The monoisotopic (exact) mass is 539 g/mol. The van der Waals surface area contributed by atoms with Crippen molar-refractivity contribution >= 4 is 29.9 Å². The lowest BCUT2D eigenvalue weighted by molar-refractivity contribution is 0.189. The Kier molecular flexibility index (Phi) is 8.07. The molecular weight excluding hydrogens is 505 g/mol. The van der Waals surface area contributed by atoms with Crippen LogP contribution in [0.1, 0.15) is 44.4 Å². The van der Waals surface area contributed by atoms with Crippen molar-refractivity contribution in [3.05, 3.63) is 42.0 Å². The fourth-order valence-corrected chi connectivity index (χ4v) is 4.51. The largest absolute Gasteiger partial charge is 0.494 e. The molecule has 8 heteroatoms. The summed E-state index contributed by atoms with van der Waals surface area (Å²) in [5.74, 6) is 3.43. The Balaban J connectivity index is 0.00000272. The van der Waals surface area contributed by atoms with Crippen molar-refractivity contribution in [3.63, 3.8) is 0 Å². The topological polar surface area (TPSA) is 63.9 Å². The van der Waals surface area contributed by atoms with Gasteiger partial charge in [0.25, 0.3) is 0 Å². The third kappa shape index (κ3) is 5.27. The molecule has 0 aliphatic carbocycles. The fourth-order valence-electron chi connectivity index (χ4n) is 4.51. The standard InChI is InChI=1S/C23H33N5O2.HI/c1-5-29-21-11-18-10-17(3)30-22(18)12-19(21)13-26-23(24-4)27-8-6-16(2)20(14-27)28-9-7-25-15-28;/h7,9,11-12,15-17,20H,5-6,8,10,13-14H2,1-4H3,(H,24,26);1H. The number of likely N-dealkylation sites (tertiary alicyclic amines) is 1. The number of piperidine rings is 1. The molecule has 31 heavy (non-hydrogen) atoms. The number of imidazole rings is 1. The van der Waals surface area contributed by atoms with Crippen LogP contribution in [0.4, 0.5) is 0 Å². The van der Waals surface area contributed by atoms with Gasteiger partial charge in [-0.2, -0.15) is 0 Å². The van der Waals surface area contributed by atoms with Crippen LogP contribution in [0, 0.1) is 5.92 Å². The summed E-state index contributed by atoms with van der Waals surface area (Å²) in [5.41, 5.74) is 2.33. The van der Waals surface area contributed by atoms with Crippen LogP contribution < -0.4 is 14.8 Å². The molecule has 3 atom stereocenters. The summed E-state index contributed by atoms with van der Waals surface area (Å²) < 4.78 is 14.1. The average Bonchev–Trinajstić information content (AvgIpc) is 3.38. The summed E-state index contributed by atoms with van der Waals surface area (Å²) in [7, 11) is 1.85. The van der Waals surface area contributed by atoms with Gasteiger partial charge in [0.15, 0.2) is 5.96 Å². The quantitative estimate of drug-likeness (QED) is 0.355. The van der Waals surface area contributed by atoms with Gasteiger partial charge in [-0.05, 0) is 38.3 Å². The Labute approximate surface area is 202 Å². The summed E-state index contributed by atoms with van der Waals surface area (Å²) >= 11 is 0. The number of halogens is 1. The summed E-state index contributed by atoms with van der Waals surface area (Å²) in [5, 5.41) is 3.55. The molecule has 1 saturated heterocycles.